The maximum absolute atomic E-state index is 11.9. The van der Waals surface area contributed by atoms with Gasteiger partial charge < -0.3 is 20.9 Å². The number of ether oxygens (including phenoxy) is 1. The lowest BCUT2D eigenvalue weighted by Crippen LogP contribution is -2.41. The van der Waals surface area contributed by atoms with E-state index in [-0.39, 0.29) is 24.8 Å². The van der Waals surface area contributed by atoms with E-state index in [1.165, 1.54) is 0 Å². The van der Waals surface area contributed by atoms with Gasteiger partial charge in [0.25, 0.3) is 0 Å². The molecule has 0 fully saturated rings. The van der Waals surface area contributed by atoms with Crippen molar-refractivity contribution in [1.82, 2.24) is 5.32 Å². The fourth-order valence-electron chi connectivity index (χ4n) is 1.83. The highest BCUT2D eigenvalue weighted by Crippen LogP contribution is 2.17. The number of aliphatic carboxylic acids is 1. The van der Waals surface area contributed by atoms with Crippen LogP contribution < -0.4 is 15.8 Å². The summed E-state index contributed by atoms with van der Waals surface area (Å²) in [6.45, 7) is 4.36. The van der Waals surface area contributed by atoms with E-state index < -0.39 is 12.0 Å². The van der Waals surface area contributed by atoms with E-state index in [4.69, 9.17) is 15.6 Å². The Labute approximate surface area is 124 Å². The number of nitrogens with two attached hydrogens (primary N) is 1. The molecule has 0 heterocycles. The van der Waals surface area contributed by atoms with Crippen molar-refractivity contribution < 1.29 is 19.4 Å². The molecule has 116 valence electrons. The number of carbonyl (C=O) groups excluding carboxylic acids is 1. The Morgan fingerprint density at radius 3 is 2.48 bits per heavy atom. The van der Waals surface area contributed by atoms with Gasteiger partial charge >= 0.3 is 5.97 Å². The number of amides is 1. The highest BCUT2D eigenvalue weighted by molar-refractivity contribution is 5.82. The van der Waals surface area contributed by atoms with Crippen LogP contribution in [0.2, 0.25) is 0 Å². The second kappa shape index (κ2) is 8.26. The van der Waals surface area contributed by atoms with Crippen LogP contribution in [0, 0.1) is 0 Å². The number of carboxylic acid groups (broad SMARTS) is 1. The third kappa shape index (κ3) is 5.83. The first-order valence-electron chi connectivity index (χ1n) is 6.94. The first-order chi connectivity index (χ1) is 9.93. The van der Waals surface area contributed by atoms with Crippen LogP contribution in [0.3, 0.4) is 0 Å². The molecule has 0 radical (unpaired) electrons. The summed E-state index contributed by atoms with van der Waals surface area (Å²) in [7, 11) is 0. The molecule has 2 unspecified atom stereocenters. The minimum atomic E-state index is -0.960. The van der Waals surface area contributed by atoms with Gasteiger partial charge in [-0.25, -0.2) is 0 Å². The Bertz CT molecular complexity index is 473. The molecule has 4 N–H and O–H groups in total. The summed E-state index contributed by atoms with van der Waals surface area (Å²) in [5.41, 5.74) is 6.59. The Kier molecular flexibility index (Phi) is 6.68. The molecule has 0 aliphatic heterocycles. The number of hydrogen-bond acceptors (Lipinski definition) is 4. The third-order valence-electron chi connectivity index (χ3n) is 3.06. The van der Waals surface area contributed by atoms with E-state index in [9.17, 15) is 9.59 Å². The standard InChI is InChI=1S/C15H22N2O4/c1-3-21-12-6-4-11(5-7-12)10(2)17-15(20)13(16)8-9-14(18)19/h4-7,10,13H,3,8-9,16H2,1-2H3,(H,17,20)(H,18,19). The van der Waals surface area contributed by atoms with Gasteiger partial charge in [0.2, 0.25) is 5.91 Å². The molecule has 6 nitrogen and oxygen atoms in total. The number of benzene rings is 1. The van der Waals surface area contributed by atoms with Gasteiger partial charge in [-0.3, -0.25) is 9.59 Å². The predicted octanol–water partition coefficient (Wildman–Crippen LogP) is 1.45. The van der Waals surface area contributed by atoms with Crippen molar-refractivity contribution in [1.29, 1.82) is 0 Å². The van der Waals surface area contributed by atoms with Gasteiger partial charge in [0.1, 0.15) is 5.75 Å². The topological polar surface area (TPSA) is 102 Å². The summed E-state index contributed by atoms with van der Waals surface area (Å²) in [6, 6.07) is 6.41. The van der Waals surface area contributed by atoms with Crippen molar-refractivity contribution >= 4 is 11.9 Å². The van der Waals surface area contributed by atoms with Gasteiger partial charge in [-0.05, 0) is 38.0 Å². The van der Waals surface area contributed by atoms with E-state index in [1.54, 1.807) is 0 Å². The van der Waals surface area contributed by atoms with E-state index in [1.807, 2.05) is 38.1 Å². The Hall–Kier alpha value is -2.08. The van der Waals surface area contributed by atoms with Crippen molar-refractivity contribution in [3.8, 4) is 5.75 Å². The molecule has 0 spiro atoms. The van der Waals surface area contributed by atoms with E-state index in [0.29, 0.717) is 6.61 Å². The zero-order chi connectivity index (χ0) is 15.8. The summed E-state index contributed by atoms with van der Waals surface area (Å²) in [4.78, 5) is 22.3. The van der Waals surface area contributed by atoms with Crippen molar-refractivity contribution in [2.24, 2.45) is 5.73 Å². The predicted molar refractivity (Wildman–Crippen MR) is 79.0 cm³/mol. The number of carbonyl (C=O) groups is 2. The van der Waals surface area contributed by atoms with Crippen LogP contribution in [0.25, 0.3) is 0 Å². The van der Waals surface area contributed by atoms with Crippen LogP contribution in [0.4, 0.5) is 0 Å². The fourth-order valence-corrected chi connectivity index (χ4v) is 1.83. The molecule has 0 aliphatic carbocycles. The smallest absolute Gasteiger partial charge is 0.303 e. The van der Waals surface area contributed by atoms with Crippen molar-refractivity contribution in [3.63, 3.8) is 0 Å². The monoisotopic (exact) mass is 294 g/mol. The summed E-state index contributed by atoms with van der Waals surface area (Å²) < 4.78 is 5.35. The fraction of sp³-hybridized carbons (Fsp3) is 0.467. The first kappa shape index (κ1) is 17.0. The van der Waals surface area contributed by atoms with Crippen LogP contribution >= 0.6 is 0 Å². The largest absolute Gasteiger partial charge is 0.494 e. The van der Waals surface area contributed by atoms with Gasteiger partial charge in [0.05, 0.1) is 18.7 Å². The Balaban J connectivity index is 2.53. The second-order valence-electron chi connectivity index (χ2n) is 4.77. The molecular weight excluding hydrogens is 272 g/mol. The van der Waals surface area contributed by atoms with Crippen molar-refractivity contribution in [2.75, 3.05) is 6.61 Å². The second-order valence-corrected chi connectivity index (χ2v) is 4.77. The van der Waals surface area contributed by atoms with Crippen LogP contribution in [0.1, 0.15) is 38.3 Å². The van der Waals surface area contributed by atoms with Crippen LogP contribution in [-0.4, -0.2) is 29.6 Å². The molecule has 0 bridgehead atoms. The molecule has 0 aromatic heterocycles. The lowest BCUT2D eigenvalue weighted by atomic mass is 10.1. The number of carboxylic acids is 1. The van der Waals surface area contributed by atoms with Gasteiger partial charge in [-0.2, -0.15) is 0 Å². The van der Waals surface area contributed by atoms with Gasteiger partial charge in [0, 0.05) is 6.42 Å². The van der Waals surface area contributed by atoms with E-state index in [2.05, 4.69) is 5.32 Å². The molecule has 1 amide bonds. The molecule has 0 saturated carbocycles. The molecule has 21 heavy (non-hydrogen) atoms. The quantitative estimate of drug-likeness (QED) is 0.673. The van der Waals surface area contributed by atoms with E-state index >= 15 is 0 Å². The summed E-state index contributed by atoms with van der Waals surface area (Å²) in [6.07, 6.45) is 0.00316. The van der Waals surface area contributed by atoms with Crippen LogP contribution in [-0.2, 0) is 9.59 Å². The van der Waals surface area contributed by atoms with E-state index in [0.717, 1.165) is 11.3 Å². The normalized spacial score (nSPS) is 13.3. The molecule has 6 heteroatoms. The van der Waals surface area contributed by atoms with Crippen molar-refractivity contribution in [2.45, 2.75) is 38.8 Å². The number of nitrogens with one attached hydrogen (secondary N) is 1. The first-order valence-corrected chi connectivity index (χ1v) is 6.94. The summed E-state index contributed by atoms with van der Waals surface area (Å²) in [5.74, 6) is -0.534. The van der Waals surface area contributed by atoms with Crippen LogP contribution in [0.15, 0.2) is 24.3 Å². The highest BCUT2D eigenvalue weighted by atomic mass is 16.5. The van der Waals surface area contributed by atoms with Gasteiger partial charge in [-0.15, -0.1) is 0 Å². The third-order valence-corrected chi connectivity index (χ3v) is 3.06. The minimum Gasteiger partial charge on any atom is -0.494 e. The lowest BCUT2D eigenvalue weighted by molar-refractivity contribution is -0.137. The lowest BCUT2D eigenvalue weighted by Gasteiger charge is -2.18. The van der Waals surface area contributed by atoms with Gasteiger partial charge in [0.15, 0.2) is 0 Å². The average Bonchev–Trinajstić information content (AvgIpc) is 2.45. The molecule has 1 aromatic rings. The number of rotatable bonds is 8. The molecule has 1 aromatic carbocycles. The highest BCUT2D eigenvalue weighted by Gasteiger charge is 2.17. The zero-order valence-electron chi connectivity index (χ0n) is 12.3. The Morgan fingerprint density at radius 1 is 1.33 bits per heavy atom. The molecular formula is C15H22N2O4. The number of hydrogen-bond donors (Lipinski definition) is 3. The van der Waals surface area contributed by atoms with Crippen LogP contribution in [0.5, 0.6) is 5.75 Å². The molecule has 2 atom stereocenters. The molecule has 0 aliphatic rings. The summed E-state index contributed by atoms with van der Waals surface area (Å²) in [5, 5.41) is 11.3. The maximum Gasteiger partial charge on any atom is 0.303 e. The average molecular weight is 294 g/mol. The minimum absolute atomic E-state index is 0.119. The summed E-state index contributed by atoms with van der Waals surface area (Å²) >= 11 is 0. The molecule has 1 rings (SSSR count). The zero-order valence-corrected chi connectivity index (χ0v) is 12.3. The SMILES string of the molecule is CCOc1ccc(C(C)NC(=O)C(N)CCC(=O)O)cc1. The maximum atomic E-state index is 11.9. The van der Waals surface area contributed by atoms with Gasteiger partial charge in [-0.1, -0.05) is 12.1 Å². The van der Waals surface area contributed by atoms with Crippen molar-refractivity contribution in [3.05, 3.63) is 29.8 Å². The Morgan fingerprint density at radius 2 is 1.95 bits per heavy atom. The molecule has 0 saturated heterocycles.